The molecule has 1 saturated heterocycles. The third kappa shape index (κ3) is 3.22. The summed E-state index contributed by atoms with van der Waals surface area (Å²) in [6, 6.07) is 7.33. The van der Waals surface area contributed by atoms with Gasteiger partial charge in [-0.25, -0.2) is 0 Å². The molecule has 0 spiro atoms. The molecule has 1 atom stereocenters. The zero-order chi connectivity index (χ0) is 12.3. The zero-order valence-corrected chi connectivity index (χ0v) is 11.3. The molecule has 0 amide bonds. The SMILES string of the molecule is Cc1ccc(NCC2CCCCN2C)cc1C. The van der Waals surface area contributed by atoms with Crippen LogP contribution in [0.1, 0.15) is 30.4 Å². The van der Waals surface area contributed by atoms with E-state index >= 15 is 0 Å². The van der Waals surface area contributed by atoms with E-state index in [-0.39, 0.29) is 0 Å². The number of nitrogens with zero attached hydrogens (tertiary/aromatic N) is 1. The Morgan fingerprint density at radius 2 is 2.06 bits per heavy atom. The van der Waals surface area contributed by atoms with Crippen molar-refractivity contribution in [2.45, 2.75) is 39.2 Å². The minimum Gasteiger partial charge on any atom is -0.383 e. The van der Waals surface area contributed by atoms with Gasteiger partial charge in [0.05, 0.1) is 0 Å². The third-order valence-electron chi connectivity index (χ3n) is 3.97. The molecule has 1 unspecified atom stereocenters. The van der Waals surface area contributed by atoms with Gasteiger partial charge in [-0.15, -0.1) is 0 Å². The second kappa shape index (κ2) is 5.54. The second-order valence-corrected chi connectivity index (χ2v) is 5.31. The number of piperidine rings is 1. The maximum absolute atomic E-state index is 3.57. The summed E-state index contributed by atoms with van der Waals surface area (Å²) >= 11 is 0. The van der Waals surface area contributed by atoms with E-state index in [9.17, 15) is 0 Å². The zero-order valence-electron chi connectivity index (χ0n) is 11.3. The van der Waals surface area contributed by atoms with Gasteiger partial charge in [0, 0.05) is 18.3 Å². The van der Waals surface area contributed by atoms with Gasteiger partial charge in [-0.05, 0) is 63.5 Å². The van der Waals surface area contributed by atoms with Crippen molar-refractivity contribution in [2.75, 3.05) is 25.5 Å². The number of nitrogens with one attached hydrogen (secondary N) is 1. The summed E-state index contributed by atoms with van der Waals surface area (Å²) in [5, 5.41) is 3.57. The van der Waals surface area contributed by atoms with Gasteiger partial charge in [-0.1, -0.05) is 12.5 Å². The Hall–Kier alpha value is -1.02. The average molecular weight is 232 g/mol. The number of likely N-dealkylation sites (N-methyl/N-ethyl adjacent to an activating group) is 1. The summed E-state index contributed by atoms with van der Waals surface area (Å²) in [5.41, 5.74) is 3.99. The minimum absolute atomic E-state index is 0.699. The first-order chi connectivity index (χ1) is 8.16. The molecule has 1 fully saturated rings. The van der Waals surface area contributed by atoms with Gasteiger partial charge in [-0.3, -0.25) is 0 Å². The lowest BCUT2D eigenvalue weighted by atomic mass is 10.0. The Kier molecular flexibility index (Phi) is 4.06. The van der Waals surface area contributed by atoms with Crippen LogP contribution < -0.4 is 5.32 Å². The van der Waals surface area contributed by atoms with E-state index in [0.717, 1.165) is 6.54 Å². The van der Waals surface area contributed by atoms with Gasteiger partial charge in [0.25, 0.3) is 0 Å². The summed E-state index contributed by atoms with van der Waals surface area (Å²) < 4.78 is 0. The van der Waals surface area contributed by atoms with E-state index in [2.05, 4.69) is 49.3 Å². The van der Waals surface area contributed by atoms with Crippen molar-refractivity contribution in [3.05, 3.63) is 29.3 Å². The van der Waals surface area contributed by atoms with Gasteiger partial charge >= 0.3 is 0 Å². The van der Waals surface area contributed by atoms with Crippen LogP contribution in [0.2, 0.25) is 0 Å². The first-order valence-corrected chi connectivity index (χ1v) is 6.68. The summed E-state index contributed by atoms with van der Waals surface area (Å²) in [6.07, 6.45) is 4.06. The van der Waals surface area contributed by atoms with Crippen LogP contribution in [0.5, 0.6) is 0 Å². The van der Waals surface area contributed by atoms with E-state index in [4.69, 9.17) is 0 Å². The van der Waals surface area contributed by atoms with Crippen molar-refractivity contribution in [2.24, 2.45) is 0 Å². The normalized spacial score (nSPS) is 21.5. The molecule has 2 rings (SSSR count). The third-order valence-corrected chi connectivity index (χ3v) is 3.97. The average Bonchev–Trinajstić information content (AvgIpc) is 2.32. The molecule has 17 heavy (non-hydrogen) atoms. The van der Waals surface area contributed by atoms with Crippen molar-refractivity contribution >= 4 is 5.69 Å². The van der Waals surface area contributed by atoms with Crippen LogP contribution in [0.15, 0.2) is 18.2 Å². The van der Waals surface area contributed by atoms with E-state index in [1.54, 1.807) is 0 Å². The van der Waals surface area contributed by atoms with Crippen molar-refractivity contribution in [3.63, 3.8) is 0 Å². The molecule has 94 valence electrons. The Morgan fingerprint density at radius 3 is 2.76 bits per heavy atom. The van der Waals surface area contributed by atoms with Crippen LogP contribution >= 0.6 is 0 Å². The molecule has 1 N–H and O–H groups in total. The Balaban J connectivity index is 1.90. The predicted octanol–water partition coefficient (Wildman–Crippen LogP) is 3.20. The molecule has 1 aliphatic rings. The maximum Gasteiger partial charge on any atom is 0.0343 e. The van der Waals surface area contributed by atoms with Gasteiger partial charge < -0.3 is 10.2 Å². The number of hydrogen-bond donors (Lipinski definition) is 1. The van der Waals surface area contributed by atoms with E-state index in [1.807, 2.05) is 0 Å². The standard InChI is InChI=1S/C15H24N2/c1-12-7-8-14(10-13(12)2)16-11-15-6-4-5-9-17(15)3/h7-8,10,15-16H,4-6,9,11H2,1-3H3. The van der Waals surface area contributed by atoms with Gasteiger partial charge in [-0.2, -0.15) is 0 Å². The van der Waals surface area contributed by atoms with Gasteiger partial charge in [0.15, 0.2) is 0 Å². The van der Waals surface area contributed by atoms with Crippen molar-refractivity contribution < 1.29 is 0 Å². The molecule has 0 aromatic heterocycles. The Bertz CT molecular complexity index is 373. The highest BCUT2D eigenvalue weighted by Crippen LogP contribution is 2.18. The summed E-state index contributed by atoms with van der Waals surface area (Å²) in [4.78, 5) is 2.48. The molecular weight excluding hydrogens is 208 g/mol. The lowest BCUT2D eigenvalue weighted by molar-refractivity contribution is 0.194. The molecular formula is C15H24N2. The first kappa shape index (κ1) is 12.4. The van der Waals surface area contributed by atoms with E-state index in [0.29, 0.717) is 6.04 Å². The van der Waals surface area contributed by atoms with E-state index < -0.39 is 0 Å². The van der Waals surface area contributed by atoms with Crippen LogP contribution in [0.3, 0.4) is 0 Å². The molecule has 2 heteroatoms. The molecule has 0 aliphatic carbocycles. The molecule has 2 nitrogen and oxygen atoms in total. The molecule has 1 aromatic carbocycles. The molecule has 1 aliphatic heterocycles. The van der Waals surface area contributed by atoms with Crippen LogP contribution in [0.25, 0.3) is 0 Å². The fourth-order valence-corrected chi connectivity index (χ4v) is 2.49. The Labute approximate surface area is 105 Å². The molecule has 1 aromatic rings. The quantitative estimate of drug-likeness (QED) is 0.861. The number of hydrogen-bond acceptors (Lipinski definition) is 2. The van der Waals surface area contributed by atoms with Crippen molar-refractivity contribution in [1.29, 1.82) is 0 Å². The number of benzene rings is 1. The van der Waals surface area contributed by atoms with Crippen LogP contribution in [-0.2, 0) is 0 Å². The lowest BCUT2D eigenvalue weighted by Gasteiger charge is -2.32. The molecule has 0 saturated carbocycles. The number of rotatable bonds is 3. The highest BCUT2D eigenvalue weighted by atomic mass is 15.2. The molecule has 0 bridgehead atoms. The topological polar surface area (TPSA) is 15.3 Å². The predicted molar refractivity (Wildman–Crippen MR) is 74.7 cm³/mol. The van der Waals surface area contributed by atoms with Crippen LogP contribution in [0.4, 0.5) is 5.69 Å². The van der Waals surface area contributed by atoms with Gasteiger partial charge in [0.1, 0.15) is 0 Å². The van der Waals surface area contributed by atoms with Crippen molar-refractivity contribution in [1.82, 2.24) is 4.90 Å². The summed E-state index contributed by atoms with van der Waals surface area (Å²) in [6.45, 7) is 6.65. The molecule has 0 radical (unpaired) electrons. The second-order valence-electron chi connectivity index (χ2n) is 5.31. The number of aryl methyl sites for hydroxylation is 2. The minimum atomic E-state index is 0.699. The Morgan fingerprint density at radius 1 is 1.24 bits per heavy atom. The summed E-state index contributed by atoms with van der Waals surface area (Å²) in [5.74, 6) is 0. The fourth-order valence-electron chi connectivity index (χ4n) is 2.49. The maximum atomic E-state index is 3.57. The first-order valence-electron chi connectivity index (χ1n) is 6.68. The highest BCUT2D eigenvalue weighted by Gasteiger charge is 2.18. The molecule has 1 heterocycles. The van der Waals surface area contributed by atoms with E-state index in [1.165, 1.54) is 42.6 Å². The van der Waals surface area contributed by atoms with Crippen molar-refractivity contribution in [3.8, 4) is 0 Å². The van der Waals surface area contributed by atoms with Crippen LogP contribution in [0, 0.1) is 13.8 Å². The number of anilines is 1. The van der Waals surface area contributed by atoms with Crippen LogP contribution in [-0.4, -0.2) is 31.1 Å². The highest BCUT2D eigenvalue weighted by molar-refractivity contribution is 5.48. The van der Waals surface area contributed by atoms with Gasteiger partial charge in [0.2, 0.25) is 0 Å². The fraction of sp³-hybridized carbons (Fsp3) is 0.600. The summed E-state index contributed by atoms with van der Waals surface area (Å²) in [7, 11) is 2.24. The largest absolute Gasteiger partial charge is 0.383 e. The lowest BCUT2D eigenvalue weighted by Crippen LogP contribution is -2.40. The monoisotopic (exact) mass is 232 g/mol. The smallest absolute Gasteiger partial charge is 0.0343 e. The number of likely N-dealkylation sites (tertiary alicyclic amines) is 1.